The van der Waals surface area contributed by atoms with Gasteiger partial charge < -0.3 is 10.1 Å². The number of hydrogen-bond acceptors (Lipinski definition) is 3. The Hall–Kier alpha value is -1.69. The molecule has 1 amide bonds. The molecule has 0 unspecified atom stereocenters. The van der Waals surface area contributed by atoms with Gasteiger partial charge in [-0.25, -0.2) is 4.39 Å². The molecule has 0 aliphatic rings. The number of nitrogens with one attached hydrogen (secondary N) is 1. The van der Waals surface area contributed by atoms with E-state index in [9.17, 15) is 14.0 Å². The number of Topliss-reactive ketones (excluding diaryl/α,β-unsaturated/α-hetero) is 1. The maximum atomic E-state index is 13.7. The van der Waals surface area contributed by atoms with Crippen LogP contribution in [0.1, 0.15) is 17.3 Å². The molecule has 0 saturated heterocycles. The lowest BCUT2D eigenvalue weighted by Gasteiger charge is -2.11. The highest BCUT2D eigenvalue weighted by atomic mass is 79.9. The predicted molar refractivity (Wildman–Crippen MR) is 72.8 cm³/mol. The lowest BCUT2D eigenvalue weighted by atomic mass is 10.1. The molecule has 0 aliphatic carbocycles. The van der Waals surface area contributed by atoms with Gasteiger partial charge in [0.1, 0.15) is 0 Å². The van der Waals surface area contributed by atoms with Gasteiger partial charge in [-0.3, -0.25) is 9.59 Å². The van der Waals surface area contributed by atoms with E-state index in [1.807, 2.05) is 0 Å². The SMILES string of the molecule is C=CCNC(=O)COc1c(F)cc(Br)cc1C(C)=O. The third-order valence-corrected chi connectivity index (χ3v) is 2.64. The third kappa shape index (κ3) is 4.48. The van der Waals surface area contributed by atoms with Crippen LogP contribution in [0.25, 0.3) is 0 Å². The Morgan fingerprint density at radius 1 is 1.53 bits per heavy atom. The van der Waals surface area contributed by atoms with Crippen LogP contribution in [-0.4, -0.2) is 24.8 Å². The summed E-state index contributed by atoms with van der Waals surface area (Å²) in [5, 5.41) is 2.48. The van der Waals surface area contributed by atoms with Gasteiger partial charge in [0.2, 0.25) is 0 Å². The predicted octanol–water partition coefficient (Wildman–Crippen LogP) is 2.47. The molecular weight excluding hydrogens is 317 g/mol. The number of ether oxygens (including phenoxy) is 1. The fraction of sp³-hybridized carbons (Fsp3) is 0.231. The normalized spacial score (nSPS) is 9.84. The summed E-state index contributed by atoms with van der Waals surface area (Å²) < 4.78 is 19.2. The van der Waals surface area contributed by atoms with Gasteiger partial charge in [-0.1, -0.05) is 22.0 Å². The summed E-state index contributed by atoms with van der Waals surface area (Å²) in [6.07, 6.45) is 1.51. The summed E-state index contributed by atoms with van der Waals surface area (Å²) in [6, 6.07) is 2.62. The van der Waals surface area contributed by atoms with Gasteiger partial charge in [-0.15, -0.1) is 6.58 Å². The summed E-state index contributed by atoms with van der Waals surface area (Å²) in [6.45, 7) is 4.67. The Morgan fingerprint density at radius 3 is 2.79 bits per heavy atom. The average Bonchev–Trinajstić information content (AvgIpc) is 2.34. The van der Waals surface area contributed by atoms with Crippen molar-refractivity contribution < 1.29 is 18.7 Å². The highest BCUT2D eigenvalue weighted by molar-refractivity contribution is 9.10. The zero-order valence-corrected chi connectivity index (χ0v) is 11.9. The van der Waals surface area contributed by atoms with E-state index in [2.05, 4.69) is 27.8 Å². The number of halogens is 2. The number of ketones is 1. The van der Waals surface area contributed by atoms with Gasteiger partial charge in [-0.2, -0.15) is 0 Å². The summed E-state index contributed by atoms with van der Waals surface area (Å²) in [7, 11) is 0. The van der Waals surface area contributed by atoms with Crippen molar-refractivity contribution in [2.45, 2.75) is 6.92 Å². The number of amides is 1. The van der Waals surface area contributed by atoms with Crippen LogP contribution in [-0.2, 0) is 4.79 Å². The Bertz CT molecular complexity index is 517. The van der Waals surface area contributed by atoms with Gasteiger partial charge >= 0.3 is 0 Å². The first-order valence-electron chi connectivity index (χ1n) is 5.46. The summed E-state index contributed by atoms with van der Waals surface area (Å²) in [4.78, 5) is 22.7. The van der Waals surface area contributed by atoms with Gasteiger partial charge in [0, 0.05) is 11.0 Å². The van der Waals surface area contributed by atoms with Crippen molar-refractivity contribution in [1.82, 2.24) is 5.32 Å². The standard InChI is InChI=1S/C13H13BrFNO3/c1-3-4-16-12(18)7-19-13-10(8(2)17)5-9(14)6-11(13)15/h3,5-6H,1,4,7H2,2H3,(H,16,18). The molecule has 1 aromatic carbocycles. The van der Waals surface area contributed by atoms with Crippen LogP contribution in [0.2, 0.25) is 0 Å². The molecule has 0 heterocycles. The van der Waals surface area contributed by atoms with Crippen LogP contribution in [0.3, 0.4) is 0 Å². The summed E-state index contributed by atoms with van der Waals surface area (Å²) in [5.41, 5.74) is 0.0865. The van der Waals surface area contributed by atoms with E-state index < -0.39 is 11.7 Å². The highest BCUT2D eigenvalue weighted by Crippen LogP contribution is 2.27. The molecular formula is C13H13BrFNO3. The molecule has 6 heteroatoms. The maximum Gasteiger partial charge on any atom is 0.258 e. The summed E-state index contributed by atoms with van der Waals surface area (Å²) in [5.74, 6) is -1.68. The van der Waals surface area contributed by atoms with Gasteiger partial charge in [0.25, 0.3) is 5.91 Å². The van der Waals surface area contributed by atoms with Gasteiger partial charge in [-0.05, 0) is 19.1 Å². The second-order valence-corrected chi connectivity index (χ2v) is 4.62. The van der Waals surface area contributed by atoms with Crippen LogP contribution in [0.15, 0.2) is 29.3 Å². The zero-order valence-electron chi connectivity index (χ0n) is 10.3. The van der Waals surface area contributed by atoms with Crippen LogP contribution >= 0.6 is 15.9 Å². The molecule has 0 aromatic heterocycles. The Kier molecular flexibility index (Phi) is 5.69. The Morgan fingerprint density at radius 2 is 2.21 bits per heavy atom. The van der Waals surface area contributed by atoms with E-state index in [0.717, 1.165) is 0 Å². The Balaban J connectivity index is 2.85. The minimum Gasteiger partial charge on any atom is -0.480 e. The van der Waals surface area contributed by atoms with E-state index in [4.69, 9.17) is 4.74 Å². The van der Waals surface area contributed by atoms with Crippen molar-refractivity contribution in [3.63, 3.8) is 0 Å². The van der Waals surface area contributed by atoms with E-state index in [1.54, 1.807) is 0 Å². The first kappa shape index (κ1) is 15.4. The summed E-state index contributed by atoms with van der Waals surface area (Å²) >= 11 is 3.09. The fourth-order valence-electron chi connectivity index (χ4n) is 1.34. The topological polar surface area (TPSA) is 55.4 Å². The maximum absolute atomic E-state index is 13.7. The number of carbonyl (C=O) groups is 2. The second kappa shape index (κ2) is 7.04. The van der Waals surface area contributed by atoms with E-state index in [1.165, 1.54) is 25.1 Å². The minimum atomic E-state index is -0.698. The molecule has 1 aromatic rings. The first-order chi connectivity index (χ1) is 8.95. The number of carbonyl (C=O) groups excluding carboxylic acids is 2. The Labute approximate surface area is 118 Å². The molecule has 0 radical (unpaired) electrons. The van der Waals surface area contributed by atoms with Gasteiger partial charge in [0.05, 0.1) is 5.56 Å². The molecule has 0 fully saturated rings. The van der Waals surface area contributed by atoms with Crippen molar-refractivity contribution in [2.24, 2.45) is 0 Å². The largest absolute Gasteiger partial charge is 0.480 e. The lowest BCUT2D eigenvalue weighted by molar-refractivity contribution is -0.122. The molecule has 0 aliphatic heterocycles. The number of hydrogen-bond donors (Lipinski definition) is 1. The molecule has 1 rings (SSSR count). The first-order valence-corrected chi connectivity index (χ1v) is 6.25. The third-order valence-electron chi connectivity index (χ3n) is 2.18. The quantitative estimate of drug-likeness (QED) is 0.644. The molecule has 19 heavy (non-hydrogen) atoms. The lowest BCUT2D eigenvalue weighted by Crippen LogP contribution is -2.29. The van der Waals surface area contributed by atoms with Crippen LogP contribution in [0.5, 0.6) is 5.75 Å². The smallest absolute Gasteiger partial charge is 0.258 e. The van der Waals surface area contributed by atoms with Crippen molar-refractivity contribution in [3.8, 4) is 5.75 Å². The molecule has 1 N–H and O–H groups in total. The highest BCUT2D eigenvalue weighted by Gasteiger charge is 2.16. The van der Waals surface area contributed by atoms with E-state index in [0.29, 0.717) is 11.0 Å². The molecule has 4 nitrogen and oxygen atoms in total. The van der Waals surface area contributed by atoms with Crippen molar-refractivity contribution in [3.05, 3.63) is 40.6 Å². The van der Waals surface area contributed by atoms with Crippen LogP contribution < -0.4 is 10.1 Å². The molecule has 0 saturated carbocycles. The monoisotopic (exact) mass is 329 g/mol. The second-order valence-electron chi connectivity index (χ2n) is 3.70. The van der Waals surface area contributed by atoms with Crippen molar-refractivity contribution >= 4 is 27.6 Å². The van der Waals surface area contributed by atoms with E-state index in [-0.39, 0.29) is 23.7 Å². The van der Waals surface area contributed by atoms with Gasteiger partial charge in [0.15, 0.2) is 24.0 Å². The molecule has 102 valence electrons. The number of benzene rings is 1. The van der Waals surface area contributed by atoms with E-state index >= 15 is 0 Å². The molecule has 0 bridgehead atoms. The molecule has 0 spiro atoms. The van der Waals surface area contributed by atoms with Crippen LogP contribution in [0, 0.1) is 5.82 Å². The fourth-order valence-corrected chi connectivity index (χ4v) is 1.77. The number of rotatable bonds is 6. The van der Waals surface area contributed by atoms with Crippen molar-refractivity contribution in [1.29, 1.82) is 0 Å². The zero-order chi connectivity index (χ0) is 14.4. The van der Waals surface area contributed by atoms with Crippen LogP contribution in [0.4, 0.5) is 4.39 Å². The van der Waals surface area contributed by atoms with Crippen molar-refractivity contribution in [2.75, 3.05) is 13.2 Å². The molecule has 0 atom stereocenters. The minimum absolute atomic E-state index is 0.0865. The average molecular weight is 330 g/mol.